The monoisotopic (exact) mass is 256 g/mol. The molecular formula is C17H24N2. The third kappa shape index (κ3) is 2.69. The number of fused-ring (bicyclic) bond motifs is 1. The van der Waals surface area contributed by atoms with Crippen molar-refractivity contribution >= 4 is 10.9 Å². The number of hydrogen-bond acceptors (Lipinski definition) is 1. The van der Waals surface area contributed by atoms with Crippen LogP contribution in [-0.2, 0) is 12.8 Å². The fraction of sp³-hybridized carbons (Fsp3) is 0.529. The van der Waals surface area contributed by atoms with Gasteiger partial charge in [-0.1, -0.05) is 25.1 Å². The molecule has 2 heteroatoms. The Hall–Kier alpha value is -1.28. The molecule has 102 valence electrons. The zero-order valence-corrected chi connectivity index (χ0v) is 12.1. The summed E-state index contributed by atoms with van der Waals surface area (Å²) >= 11 is 0. The second kappa shape index (κ2) is 5.38. The molecule has 0 bridgehead atoms. The van der Waals surface area contributed by atoms with E-state index < -0.39 is 0 Å². The van der Waals surface area contributed by atoms with Crippen molar-refractivity contribution < 1.29 is 0 Å². The molecule has 0 saturated heterocycles. The summed E-state index contributed by atoms with van der Waals surface area (Å²) in [6.07, 6.45) is 6.28. The SMILES string of the molecule is CCc1cccc2c(CCCNC3CC3)c(C)[nH]c12. The quantitative estimate of drug-likeness (QED) is 0.757. The zero-order valence-electron chi connectivity index (χ0n) is 12.1. The van der Waals surface area contributed by atoms with E-state index in [2.05, 4.69) is 42.3 Å². The van der Waals surface area contributed by atoms with Crippen LogP contribution in [0.1, 0.15) is 43.0 Å². The van der Waals surface area contributed by atoms with Crippen LogP contribution < -0.4 is 5.32 Å². The van der Waals surface area contributed by atoms with Crippen LogP contribution in [0.4, 0.5) is 0 Å². The van der Waals surface area contributed by atoms with Gasteiger partial charge in [0, 0.05) is 22.6 Å². The van der Waals surface area contributed by atoms with Gasteiger partial charge in [-0.2, -0.15) is 0 Å². The van der Waals surface area contributed by atoms with E-state index in [0.29, 0.717) is 0 Å². The van der Waals surface area contributed by atoms with E-state index in [1.807, 2.05) is 0 Å². The Morgan fingerprint density at radius 2 is 2.16 bits per heavy atom. The van der Waals surface area contributed by atoms with Gasteiger partial charge in [-0.25, -0.2) is 0 Å². The molecule has 1 aromatic carbocycles. The van der Waals surface area contributed by atoms with Crippen molar-refractivity contribution in [3.63, 3.8) is 0 Å². The van der Waals surface area contributed by atoms with Gasteiger partial charge in [0.2, 0.25) is 0 Å². The molecule has 0 atom stereocenters. The van der Waals surface area contributed by atoms with Crippen molar-refractivity contribution in [3.8, 4) is 0 Å². The van der Waals surface area contributed by atoms with Crippen molar-refractivity contribution in [1.82, 2.24) is 10.3 Å². The molecule has 0 radical (unpaired) electrons. The van der Waals surface area contributed by atoms with Crippen LogP contribution in [0.5, 0.6) is 0 Å². The van der Waals surface area contributed by atoms with Crippen LogP contribution in [-0.4, -0.2) is 17.6 Å². The molecule has 2 nitrogen and oxygen atoms in total. The lowest BCUT2D eigenvalue weighted by Crippen LogP contribution is -2.17. The Labute approximate surface area is 115 Å². The number of benzene rings is 1. The minimum absolute atomic E-state index is 0.829. The number of hydrogen-bond donors (Lipinski definition) is 2. The van der Waals surface area contributed by atoms with E-state index >= 15 is 0 Å². The number of nitrogens with one attached hydrogen (secondary N) is 2. The molecular weight excluding hydrogens is 232 g/mol. The van der Waals surface area contributed by atoms with Crippen LogP contribution in [0, 0.1) is 6.92 Å². The predicted molar refractivity (Wildman–Crippen MR) is 81.8 cm³/mol. The lowest BCUT2D eigenvalue weighted by Gasteiger charge is -2.04. The Balaban J connectivity index is 1.75. The summed E-state index contributed by atoms with van der Waals surface area (Å²) in [5, 5.41) is 5.03. The second-order valence-electron chi connectivity index (χ2n) is 5.75. The average Bonchev–Trinajstić information content (AvgIpc) is 3.18. The minimum Gasteiger partial charge on any atom is -0.358 e. The predicted octanol–water partition coefficient (Wildman–Crippen LogP) is 3.72. The highest BCUT2D eigenvalue weighted by atomic mass is 14.9. The molecule has 2 aromatic rings. The van der Waals surface area contributed by atoms with Gasteiger partial charge in [0.25, 0.3) is 0 Å². The number of rotatable bonds is 6. The molecule has 1 fully saturated rings. The van der Waals surface area contributed by atoms with E-state index in [4.69, 9.17) is 0 Å². The van der Waals surface area contributed by atoms with Crippen LogP contribution in [0.15, 0.2) is 18.2 Å². The molecule has 1 aliphatic carbocycles. The van der Waals surface area contributed by atoms with E-state index in [0.717, 1.165) is 19.0 Å². The third-order valence-corrected chi connectivity index (χ3v) is 4.24. The largest absolute Gasteiger partial charge is 0.358 e. The molecule has 1 aliphatic rings. The topological polar surface area (TPSA) is 27.8 Å². The lowest BCUT2D eigenvalue weighted by molar-refractivity contribution is 0.646. The summed E-state index contributed by atoms with van der Waals surface area (Å²) in [5.74, 6) is 0. The lowest BCUT2D eigenvalue weighted by atomic mass is 10.0. The first kappa shape index (κ1) is 12.7. The number of H-pyrrole nitrogens is 1. The number of aryl methyl sites for hydroxylation is 3. The highest BCUT2D eigenvalue weighted by Gasteiger charge is 2.19. The van der Waals surface area contributed by atoms with Crippen molar-refractivity contribution in [1.29, 1.82) is 0 Å². The Morgan fingerprint density at radius 1 is 1.32 bits per heavy atom. The maximum atomic E-state index is 3.60. The van der Waals surface area contributed by atoms with Crippen molar-refractivity contribution in [2.24, 2.45) is 0 Å². The molecule has 0 amide bonds. The standard InChI is InChI=1S/C17H24N2/c1-3-13-6-4-7-16-15(12(2)19-17(13)16)8-5-11-18-14-9-10-14/h4,6-7,14,18-19H,3,5,8-11H2,1-2H3. The summed E-state index contributed by atoms with van der Waals surface area (Å²) < 4.78 is 0. The molecule has 19 heavy (non-hydrogen) atoms. The number of aromatic nitrogens is 1. The Bertz CT molecular complexity index is 564. The molecule has 0 unspecified atom stereocenters. The molecule has 1 saturated carbocycles. The van der Waals surface area contributed by atoms with Gasteiger partial charge in [0.05, 0.1) is 0 Å². The molecule has 3 rings (SSSR count). The Kier molecular flexibility index (Phi) is 3.61. The number of aromatic amines is 1. The smallest absolute Gasteiger partial charge is 0.0491 e. The van der Waals surface area contributed by atoms with Gasteiger partial charge in [-0.05, 0) is 56.7 Å². The summed E-state index contributed by atoms with van der Waals surface area (Å²) in [7, 11) is 0. The van der Waals surface area contributed by atoms with Crippen molar-refractivity contribution in [2.45, 2.75) is 52.0 Å². The first-order valence-corrected chi connectivity index (χ1v) is 7.62. The van der Waals surface area contributed by atoms with Crippen LogP contribution in [0.3, 0.4) is 0 Å². The fourth-order valence-corrected chi connectivity index (χ4v) is 2.94. The third-order valence-electron chi connectivity index (χ3n) is 4.24. The summed E-state index contributed by atoms with van der Waals surface area (Å²) in [4.78, 5) is 3.59. The number of para-hydroxylation sites is 1. The highest BCUT2D eigenvalue weighted by molar-refractivity contribution is 5.87. The van der Waals surface area contributed by atoms with Gasteiger partial charge < -0.3 is 10.3 Å². The fourth-order valence-electron chi connectivity index (χ4n) is 2.94. The van der Waals surface area contributed by atoms with Gasteiger partial charge in [0.1, 0.15) is 0 Å². The van der Waals surface area contributed by atoms with Crippen LogP contribution in [0.25, 0.3) is 10.9 Å². The van der Waals surface area contributed by atoms with E-state index in [1.54, 1.807) is 0 Å². The van der Waals surface area contributed by atoms with Gasteiger partial charge in [0.15, 0.2) is 0 Å². The zero-order chi connectivity index (χ0) is 13.2. The van der Waals surface area contributed by atoms with E-state index in [9.17, 15) is 0 Å². The van der Waals surface area contributed by atoms with Crippen LogP contribution >= 0.6 is 0 Å². The molecule has 1 heterocycles. The Morgan fingerprint density at radius 3 is 2.89 bits per heavy atom. The highest BCUT2D eigenvalue weighted by Crippen LogP contribution is 2.26. The van der Waals surface area contributed by atoms with Gasteiger partial charge in [-0.15, -0.1) is 0 Å². The van der Waals surface area contributed by atoms with Gasteiger partial charge in [-0.3, -0.25) is 0 Å². The first-order chi connectivity index (χ1) is 9.29. The van der Waals surface area contributed by atoms with Crippen molar-refractivity contribution in [2.75, 3.05) is 6.54 Å². The summed E-state index contributed by atoms with van der Waals surface area (Å²) in [6.45, 7) is 5.59. The first-order valence-electron chi connectivity index (χ1n) is 7.62. The molecule has 2 N–H and O–H groups in total. The second-order valence-corrected chi connectivity index (χ2v) is 5.75. The molecule has 1 aromatic heterocycles. The summed E-state index contributed by atoms with van der Waals surface area (Å²) in [5.41, 5.74) is 5.65. The van der Waals surface area contributed by atoms with Gasteiger partial charge >= 0.3 is 0 Å². The maximum Gasteiger partial charge on any atom is 0.0491 e. The normalized spacial score (nSPS) is 15.3. The summed E-state index contributed by atoms with van der Waals surface area (Å²) in [6, 6.07) is 7.52. The molecule has 0 spiro atoms. The average molecular weight is 256 g/mol. The van der Waals surface area contributed by atoms with Crippen molar-refractivity contribution in [3.05, 3.63) is 35.0 Å². The maximum absolute atomic E-state index is 3.60. The molecule has 0 aliphatic heterocycles. The van der Waals surface area contributed by atoms with E-state index in [-0.39, 0.29) is 0 Å². The minimum atomic E-state index is 0.829. The van der Waals surface area contributed by atoms with Crippen LogP contribution in [0.2, 0.25) is 0 Å². The van der Waals surface area contributed by atoms with E-state index in [1.165, 1.54) is 53.4 Å².